The van der Waals surface area contributed by atoms with E-state index in [0.29, 0.717) is 11.9 Å². The maximum atomic E-state index is 12.7. The molecule has 20 heavy (non-hydrogen) atoms. The summed E-state index contributed by atoms with van der Waals surface area (Å²) in [7, 11) is 0. The molecule has 0 bridgehead atoms. The Morgan fingerprint density at radius 2 is 2.25 bits per heavy atom. The van der Waals surface area contributed by atoms with Gasteiger partial charge in [0.1, 0.15) is 0 Å². The van der Waals surface area contributed by atoms with E-state index in [1.807, 2.05) is 11.0 Å². The average molecular weight is 360 g/mol. The van der Waals surface area contributed by atoms with Crippen LogP contribution in [0.25, 0.3) is 0 Å². The molecule has 0 aliphatic carbocycles. The van der Waals surface area contributed by atoms with Crippen molar-refractivity contribution in [2.45, 2.75) is 32.2 Å². The number of fused-ring (bicyclic) bond motifs is 1. The van der Waals surface area contributed by atoms with Crippen molar-refractivity contribution in [3.63, 3.8) is 0 Å². The van der Waals surface area contributed by atoms with Gasteiger partial charge >= 0.3 is 0 Å². The van der Waals surface area contributed by atoms with E-state index in [1.54, 1.807) is 0 Å². The molecule has 1 saturated heterocycles. The SMILES string of the molecule is C[C@H]1C[C@@H](C(=O)N2CCc3cc(Br)ccc32)CCN1.Cl. The molecule has 1 aromatic carbocycles. The summed E-state index contributed by atoms with van der Waals surface area (Å²) in [4.78, 5) is 14.7. The fraction of sp³-hybridized carbons (Fsp3) is 0.533. The number of carbonyl (C=O) groups excluding carboxylic acids is 1. The summed E-state index contributed by atoms with van der Waals surface area (Å²) in [6.45, 7) is 3.95. The molecule has 3 rings (SSSR count). The van der Waals surface area contributed by atoms with E-state index in [-0.39, 0.29) is 18.3 Å². The topological polar surface area (TPSA) is 32.3 Å². The quantitative estimate of drug-likeness (QED) is 0.835. The molecule has 0 saturated carbocycles. The zero-order valence-corrected chi connectivity index (χ0v) is 14.0. The van der Waals surface area contributed by atoms with E-state index in [1.165, 1.54) is 5.56 Å². The molecule has 0 radical (unpaired) electrons. The predicted molar refractivity (Wildman–Crippen MR) is 87.6 cm³/mol. The third-order valence-electron chi connectivity index (χ3n) is 4.18. The minimum absolute atomic E-state index is 0. The molecule has 1 amide bonds. The summed E-state index contributed by atoms with van der Waals surface area (Å²) >= 11 is 3.49. The van der Waals surface area contributed by atoms with Crippen molar-refractivity contribution in [1.29, 1.82) is 0 Å². The van der Waals surface area contributed by atoms with Crippen molar-refractivity contribution in [2.24, 2.45) is 5.92 Å². The molecular weight excluding hydrogens is 340 g/mol. The lowest BCUT2D eigenvalue weighted by molar-refractivity contribution is -0.123. The van der Waals surface area contributed by atoms with Crippen LogP contribution in [0.1, 0.15) is 25.3 Å². The van der Waals surface area contributed by atoms with Crippen LogP contribution in [0.3, 0.4) is 0 Å². The average Bonchev–Trinajstić information content (AvgIpc) is 2.80. The van der Waals surface area contributed by atoms with Gasteiger partial charge in [-0.2, -0.15) is 0 Å². The molecule has 2 aliphatic heterocycles. The van der Waals surface area contributed by atoms with E-state index < -0.39 is 0 Å². The van der Waals surface area contributed by atoms with Gasteiger partial charge in [0.2, 0.25) is 5.91 Å². The number of benzene rings is 1. The Morgan fingerprint density at radius 1 is 1.45 bits per heavy atom. The first-order chi connectivity index (χ1) is 9.15. The summed E-state index contributed by atoms with van der Waals surface area (Å²) in [6.07, 6.45) is 2.90. The van der Waals surface area contributed by atoms with Gasteiger partial charge in [-0.1, -0.05) is 15.9 Å². The van der Waals surface area contributed by atoms with E-state index >= 15 is 0 Å². The molecule has 1 N–H and O–H groups in total. The van der Waals surface area contributed by atoms with Crippen molar-refractivity contribution in [3.8, 4) is 0 Å². The van der Waals surface area contributed by atoms with Crippen LogP contribution in [0.2, 0.25) is 0 Å². The molecule has 2 aliphatic rings. The highest BCUT2D eigenvalue weighted by atomic mass is 79.9. The van der Waals surface area contributed by atoms with Crippen LogP contribution in [0, 0.1) is 5.92 Å². The lowest BCUT2D eigenvalue weighted by atomic mass is 9.92. The standard InChI is InChI=1S/C15H19BrN2O.ClH/c1-10-8-12(4-6-17-10)15(19)18-7-5-11-9-13(16)2-3-14(11)18;/h2-3,9-10,12,17H,4-8H2,1H3;1H/t10-,12-;/m0./s1. The zero-order valence-electron chi connectivity index (χ0n) is 11.6. The number of anilines is 1. The summed E-state index contributed by atoms with van der Waals surface area (Å²) in [6, 6.07) is 6.67. The Hall–Kier alpha value is -0.580. The van der Waals surface area contributed by atoms with Crippen LogP contribution >= 0.6 is 28.3 Å². The van der Waals surface area contributed by atoms with Gasteiger partial charge in [-0.25, -0.2) is 0 Å². The highest BCUT2D eigenvalue weighted by Crippen LogP contribution is 2.32. The van der Waals surface area contributed by atoms with Gasteiger partial charge in [-0.15, -0.1) is 12.4 Å². The first-order valence-corrected chi connectivity index (χ1v) is 7.77. The molecule has 5 heteroatoms. The van der Waals surface area contributed by atoms with E-state index in [0.717, 1.165) is 42.5 Å². The van der Waals surface area contributed by atoms with Crippen molar-refractivity contribution >= 4 is 39.9 Å². The van der Waals surface area contributed by atoms with Crippen molar-refractivity contribution < 1.29 is 4.79 Å². The van der Waals surface area contributed by atoms with Gasteiger partial charge in [0.15, 0.2) is 0 Å². The van der Waals surface area contributed by atoms with Crippen molar-refractivity contribution in [2.75, 3.05) is 18.0 Å². The van der Waals surface area contributed by atoms with Crippen molar-refractivity contribution in [1.82, 2.24) is 5.32 Å². The molecule has 110 valence electrons. The van der Waals surface area contributed by atoms with Crippen molar-refractivity contribution in [3.05, 3.63) is 28.2 Å². The first kappa shape index (κ1) is 15.8. The molecule has 0 unspecified atom stereocenters. The number of nitrogens with zero attached hydrogens (tertiary/aromatic N) is 1. The van der Waals surface area contributed by atoms with Gasteiger partial charge in [0.05, 0.1) is 0 Å². The Balaban J connectivity index is 0.00000147. The maximum absolute atomic E-state index is 12.7. The summed E-state index contributed by atoms with van der Waals surface area (Å²) in [5, 5.41) is 3.41. The number of hydrogen-bond acceptors (Lipinski definition) is 2. The third kappa shape index (κ3) is 3.02. The second-order valence-electron chi connectivity index (χ2n) is 5.59. The number of piperidine rings is 1. The second kappa shape index (κ2) is 6.46. The summed E-state index contributed by atoms with van der Waals surface area (Å²) in [5.41, 5.74) is 2.39. The lowest BCUT2D eigenvalue weighted by Crippen LogP contribution is -2.43. The second-order valence-corrected chi connectivity index (χ2v) is 6.51. The monoisotopic (exact) mass is 358 g/mol. The van der Waals surface area contributed by atoms with Crippen LogP contribution in [0.15, 0.2) is 22.7 Å². The van der Waals surface area contributed by atoms with Gasteiger partial charge < -0.3 is 10.2 Å². The number of nitrogens with one attached hydrogen (secondary N) is 1. The molecule has 2 heterocycles. The normalized spacial score (nSPS) is 25.0. The van der Waals surface area contributed by atoms with E-state index in [4.69, 9.17) is 0 Å². The van der Waals surface area contributed by atoms with Crippen LogP contribution in [0.5, 0.6) is 0 Å². The number of rotatable bonds is 1. The molecule has 3 nitrogen and oxygen atoms in total. The maximum Gasteiger partial charge on any atom is 0.230 e. The Bertz CT molecular complexity index is 509. The minimum atomic E-state index is 0. The number of halogens is 2. The molecule has 1 aromatic rings. The van der Waals surface area contributed by atoms with Crippen LogP contribution in [-0.4, -0.2) is 25.0 Å². The smallest absolute Gasteiger partial charge is 0.230 e. The van der Waals surface area contributed by atoms with Crippen LogP contribution < -0.4 is 10.2 Å². The summed E-state index contributed by atoms with van der Waals surface area (Å²) < 4.78 is 1.09. The Morgan fingerprint density at radius 3 is 3.00 bits per heavy atom. The molecule has 2 atom stereocenters. The van der Waals surface area contributed by atoms with Gasteiger partial charge in [0.25, 0.3) is 0 Å². The van der Waals surface area contributed by atoms with E-state index in [2.05, 4.69) is 40.3 Å². The summed E-state index contributed by atoms with van der Waals surface area (Å²) in [5.74, 6) is 0.500. The lowest BCUT2D eigenvalue weighted by Gasteiger charge is -2.30. The Labute approximate surface area is 134 Å². The fourth-order valence-corrected chi connectivity index (χ4v) is 3.58. The minimum Gasteiger partial charge on any atom is -0.314 e. The zero-order chi connectivity index (χ0) is 13.4. The third-order valence-corrected chi connectivity index (χ3v) is 4.67. The largest absolute Gasteiger partial charge is 0.314 e. The molecular formula is C15H20BrClN2O. The molecule has 0 spiro atoms. The van der Waals surface area contributed by atoms with Gasteiger partial charge in [-0.3, -0.25) is 4.79 Å². The molecule has 1 fully saturated rings. The van der Waals surface area contributed by atoms with Gasteiger partial charge in [-0.05, 0) is 56.5 Å². The number of carbonyl (C=O) groups is 1. The fourth-order valence-electron chi connectivity index (χ4n) is 3.18. The van der Waals surface area contributed by atoms with Gasteiger partial charge in [0, 0.05) is 28.7 Å². The number of hydrogen-bond donors (Lipinski definition) is 1. The van der Waals surface area contributed by atoms with Crippen LogP contribution in [-0.2, 0) is 11.2 Å². The highest BCUT2D eigenvalue weighted by Gasteiger charge is 2.32. The highest BCUT2D eigenvalue weighted by molar-refractivity contribution is 9.10. The Kier molecular flexibility index (Phi) is 5.10. The number of amides is 1. The molecule has 0 aromatic heterocycles. The predicted octanol–water partition coefficient (Wildman–Crippen LogP) is 3.15. The van der Waals surface area contributed by atoms with E-state index in [9.17, 15) is 4.79 Å². The first-order valence-electron chi connectivity index (χ1n) is 6.98. The van der Waals surface area contributed by atoms with Crippen LogP contribution in [0.4, 0.5) is 5.69 Å².